The summed E-state index contributed by atoms with van der Waals surface area (Å²) in [7, 11) is 0. The zero-order valence-corrected chi connectivity index (χ0v) is 8.41. The molecular weight excluding hydrogens is 156 g/mol. The lowest BCUT2D eigenvalue weighted by Crippen LogP contribution is -1.97. The molecule has 0 saturated heterocycles. The minimum Gasteiger partial charge on any atom is -0.381 e. The van der Waals surface area contributed by atoms with Crippen LogP contribution in [0.25, 0.3) is 0 Å². The van der Waals surface area contributed by atoms with Gasteiger partial charge in [0.25, 0.3) is 0 Å². The Kier molecular flexibility index (Phi) is 10.6. The third-order valence-electron chi connectivity index (χ3n) is 1.63. The first-order valence-electron chi connectivity index (χ1n) is 4.60. The molecule has 68 valence electrons. The molecule has 0 N–H and O–H groups in total. The second-order valence-electron chi connectivity index (χ2n) is 2.75. The van der Waals surface area contributed by atoms with Gasteiger partial charge in [-0.3, -0.25) is 0 Å². The number of hydrogen-bond donors (Lipinski definition) is 1. The molecule has 0 unspecified atom stereocenters. The third-order valence-corrected chi connectivity index (χ3v) is 1.81. The number of ether oxygens (including phenoxy) is 1. The van der Waals surface area contributed by atoms with E-state index in [2.05, 4.69) is 19.6 Å². The molecule has 0 spiro atoms. The Hall–Kier alpha value is 0.310. The molecule has 0 aliphatic rings. The van der Waals surface area contributed by atoms with Crippen LogP contribution in [0.5, 0.6) is 0 Å². The summed E-state index contributed by atoms with van der Waals surface area (Å²) in [5.41, 5.74) is 0. The molecule has 0 aromatic carbocycles. The standard InChI is InChI=1S/C9H20OS/c1-2-3-4-5-6-7-10-8-9-11/h11H,2-9H2,1H3. The molecule has 0 fully saturated rings. The highest BCUT2D eigenvalue weighted by Gasteiger charge is 1.88. The van der Waals surface area contributed by atoms with Gasteiger partial charge in [0.05, 0.1) is 6.61 Å². The van der Waals surface area contributed by atoms with Gasteiger partial charge in [-0.1, -0.05) is 32.6 Å². The Morgan fingerprint density at radius 1 is 1.00 bits per heavy atom. The summed E-state index contributed by atoms with van der Waals surface area (Å²) in [6, 6.07) is 0. The average Bonchev–Trinajstić information content (AvgIpc) is 2.03. The van der Waals surface area contributed by atoms with E-state index < -0.39 is 0 Å². The molecule has 0 radical (unpaired) electrons. The van der Waals surface area contributed by atoms with Crippen molar-refractivity contribution in [2.45, 2.75) is 39.0 Å². The summed E-state index contributed by atoms with van der Waals surface area (Å²) in [5.74, 6) is 0.842. The molecule has 0 atom stereocenters. The smallest absolute Gasteiger partial charge is 0.0554 e. The van der Waals surface area contributed by atoms with Crippen LogP contribution in [0.15, 0.2) is 0 Å². The van der Waals surface area contributed by atoms with Crippen LogP contribution in [0.1, 0.15) is 39.0 Å². The van der Waals surface area contributed by atoms with Crippen LogP contribution in [0.3, 0.4) is 0 Å². The van der Waals surface area contributed by atoms with Gasteiger partial charge in [-0.15, -0.1) is 0 Å². The molecule has 0 aliphatic heterocycles. The Morgan fingerprint density at radius 2 is 1.73 bits per heavy atom. The highest BCUT2D eigenvalue weighted by Crippen LogP contribution is 2.01. The minimum atomic E-state index is 0.802. The van der Waals surface area contributed by atoms with E-state index in [1.807, 2.05) is 0 Å². The highest BCUT2D eigenvalue weighted by molar-refractivity contribution is 7.80. The van der Waals surface area contributed by atoms with E-state index in [-0.39, 0.29) is 0 Å². The van der Waals surface area contributed by atoms with Crippen molar-refractivity contribution >= 4 is 12.6 Å². The first kappa shape index (κ1) is 11.3. The van der Waals surface area contributed by atoms with Gasteiger partial charge in [-0.25, -0.2) is 0 Å². The van der Waals surface area contributed by atoms with Gasteiger partial charge in [-0.2, -0.15) is 12.6 Å². The van der Waals surface area contributed by atoms with Crippen molar-refractivity contribution in [1.29, 1.82) is 0 Å². The maximum absolute atomic E-state index is 5.29. The van der Waals surface area contributed by atoms with Crippen molar-refractivity contribution in [2.24, 2.45) is 0 Å². The predicted octanol–water partition coefficient (Wildman–Crippen LogP) is 2.90. The second-order valence-corrected chi connectivity index (χ2v) is 3.20. The van der Waals surface area contributed by atoms with Crippen LogP contribution >= 0.6 is 12.6 Å². The summed E-state index contributed by atoms with van der Waals surface area (Å²) in [4.78, 5) is 0. The van der Waals surface area contributed by atoms with Crippen molar-refractivity contribution in [2.75, 3.05) is 19.0 Å². The van der Waals surface area contributed by atoms with Gasteiger partial charge in [0.2, 0.25) is 0 Å². The van der Waals surface area contributed by atoms with E-state index in [4.69, 9.17) is 4.74 Å². The van der Waals surface area contributed by atoms with Gasteiger partial charge in [0, 0.05) is 12.4 Å². The van der Waals surface area contributed by atoms with E-state index in [1.54, 1.807) is 0 Å². The third kappa shape index (κ3) is 10.3. The maximum atomic E-state index is 5.29. The summed E-state index contributed by atoms with van der Waals surface area (Å²) in [5, 5.41) is 0. The fourth-order valence-electron chi connectivity index (χ4n) is 0.974. The molecule has 0 aromatic rings. The molecule has 0 rings (SSSR count). The average molecular weight is 176 g/mol. The number of unbranched alkanes of at least 4 members (excludes halogenated alkanes) is 4. The lowest BCUT2D eigenvalue weighted by atomic mass is 10.2. The zero-order valence-electron chi connectivity index (χ0n) is 7.51. The molecule has 1 nitrogen and oxygen atoms in total. The molecule has 0 aliphatic carbocycles. The van der Waals surface area contributed by atoms with Crippen molar-refractivity contribution in [1.82, 2.24) is 0 Å². The summed E-state index contributed by atoms with van der Waals surface area (Å²) >= 11 is 4.05. The highest BCUT2D eigenvalue weighted by atomic mass is 32.1. The molecule has 0 bridgehead atoms. The molecular formula is C9H20OS. The maximum Gasteiger partial charge on any atom is 0.0554 e. The fraction of sp³-hybridized carbons (Fsp3) is 1.00. The molecule has 0 saturated carbocycles. The van der Waals surface area contributed by atoms with Crippen molar-refractivity contribution in [3.05, 3.63) is 0 Å². The van der Waals surface area contributed by atoms with Gasteiger partial charge < -0.3 is 4.74 Å². The molecule has 0 heterocycles. The Balaban J connectivity index is 2.69. The summed E-state index contributed by atoms with van der Waals surface area (Å²) in [6.07, 6.45) is 6.58. The first-order chi connectivity index (χ1) is 5.41. The van der Waals surface area contributed by atoms with E-state index in [0.717, 1.165) is 19.0 Å². The Labute approximate surface area is 75.9 Å². The lowest BCUT2D eigenvalue weighted by molar-refractivity contribution is 0.145. The van der Waals surface area contributed by atoms with E-state index in [9.17, 15) is 0 Å². The molecule has 0 amide bonds. The van der Waals surface area contributed by atoms with Crippen LogP contribution in [0.2, 0.25) is 0 Å². The van der Waals surface area contributed by atoms with Crippen molar-refractivity contribution in [3.8, 4) is 0 Å². The number of thiol groups is 1. The van der Waals surface area contributed by atoms with Crippen LogP contribution < -0.4 is 0 Å². The molecule has 2 heteroatoms. The molecule has 11 heavy (non-hydrogen) atoms. The van der Waals surface area contributed by atoms with E-state index in [0.29, 0.717) is 0 Å². The van der Waals surface area contributed by atoms with Crippen LogP contribution in [0.4, 0.5) is 0 Å². The van der Waals surface area contributed by atoms with E-state index >= 15 is 0 Å². The summed E-state index contributed by atoms with van der Waals surface area (Å²) in [6.45, 7) is 3.96. The SMILES string of the molecule is CCCCCCCOCCS. The zero-order chi connectivity index (χ0) is 8.36. The topological polar surface area (TPSA) is 9.23 Å². The number of hydrogen-bond acceptors (Lipinski definition) is 2. The summed E-state index contributed by atoms with van der Waals surface area (Å²) < 4.78 is 5.29. The normalized spacial score (nSPS) is 10.4. The minimum absolute atomic E-state index is 0.802. The number of rotatable bonds is 8. The predicted molar refractivity (Wildman–Crippen MR) is 53.4 cm³/mol. The largest absolute Gasteiger partial charge is 0.381 e. The Bertz CT molecular complexity index is 58.6. The van der Waals surface area contributed by atoms with Gasteiger partial charge in [0.15, 0.2) is 0 Å². The van der Waals surface area contributed by atoms with Crippen LogP contribution in [0, 0.1) is 0 Å². The van der Waals surface area contributed by atoms with Gasteiger partial charge in [-0.05, 0) is 6.42 Å². The van der Waals surface area contributed by atoms with Gasteiger partial charge in [0.1, 0.15) is 0 Å². The first-order valence-corrected chi connectivity index (χ1v) is 5.23. The fourth-order valence-corrected chi connectivity index (χ4v) is 1.10. The Morgan fingerprint density at radius 3 is 2.36 bits per heavy atom. The van der Waals surface area contributed by atoms with Crippen LogP contribution in [-0.2, 0) is 4.74 Å². The monoisotopic (exact) mass is 176 g/mol. The van der Waals surface area contributed by atoms with Crippen molar-refractivity contribution in [3.63, 3.8) is 0 Å². The van der Waals surface area contributed by atoms with Crippen LogP contribution in [-0.4, -0.2) is 19.0 Å². The second kappa shape index (κ2) is 10.3. The lowest BCUT2D eigenvalue weighted by Gasteiger charge is -2.01. The van der Waals surface area contributed by atoms with Crippen molar-refractivity contribution < 1.29 is 4.74 Å². The van der Waals surface area contributed by atoms with Gasteiger partial charge >= 0.3 is 0 Å². The molecule has 0 aromatic heterocycles. The van der Waals surface area contributed by atoms with E-state index in [1.165, 1.54) is 32.1 Å². The quantitative estimate of drug-likeness (QED) is 0.442.